The molecule has 0 radical (unpaired) electrons. The van der Waals surface area contributed by atoms with Crippen LogP contribution in [-0.4, -0.2) is 62.9 Å². The first-order chi connectivity index (χ1) is 13.5. The van der Waals surface area contributed by atoms with Crippen LogP contribution in [0.1, 0.15) is 44.7 Å². The van der Waals surface area contributed by atoms with Gasteiger partial charge >= 0.3 is 0 Å². The topological polar surface area (TPSA) is 58.1 Å². The lowest BCUT2D eigenvalue weighted by Crippen LogP contribution is -2.45. The summed E-state index contributed by atoms with van der Waals surface area (Å²) in [7, 11) is 2.21. The highest BCUT2D eigenvalue weighted by molar-refractivity contribution is 5.79. The van der Waals surface area contributed by atoms with Crippen LogP contribution in [0.2, 0.25) is 0 Å². The number of hydrogen-bond acceptors (Lipinski definition) is 4. The standard InChI is InChI=1S/C22H38N4O2/c1-6-23-22(24-15-18(4)26(5)20-10-11-20)25-16-19-9-8-17(3)14-21(19)28-13-12-27-7-2/h8-9,14,18,20H,6-7,10-13,15-16H2,1-5H3,(H2,23,24,25). The molecule has 0 aliphatic heterocycles. The summed E-state index contributed by atoms with van der Waals surface area (Å²) < 4.78 is 11.3. The highest BCUT2D eigenvalue weighted by Gasteiger charge is 2.28. The summed E-state index contributed by atoms with van der Waals surface area (Å²) in [4.78, 5) is 7.23. The van der Waals surface area contributed by atoms with Gasteiger partial charge in [0.25, 0.3) is 0 Å². The largest absolute Gasteiger partial charge is 0.491 e. The third-order valence-electron chi connectivity index (χ3n) is 5.05. The lowest BCUT2D eigenvalue weighted by atomic mass is 10.1. The SMILES string of the molecule is CCNC(=NCc1ccc(C)cc1OCCOCC)NCC(C)N(C)C1CC1. The van der Waals surface area contributed by atoms with Crippen molar-refractivity contribution in [2.75, 3.05) is 40.0 Å². The summed E-state index contributed by atoms with van der Waals surface area (Å²) in [5.74, 6) is 1.74. The van der Waals surface area contributed by atoms with Crippen molar-refractivity contribution in [3.05, 3.63) is 29.3 Å². The van der Waals surface area contributed by atoms with E-state index in [0.717, 1.165) is 36.4 Å². The van der Waals surface area contributed by atoms with Gasteiger partial charge in [0.15, 0.2) is 5.96 Å². The molecule has 0 aromatic heterocycles. The fourth-order valence-corrected chi connectivity index (χ4v) is 3.02. The monoisotopic (exact) mass is 390 g/mol. The quantitative estimate of drug-likeness (QED) is 0.326. The van der Waals surface area contributed by atoms with Crippen molar-refractivity contribution in [3.8, 4) is 5.75 Å². The van der Waals surface area contributed by atoms with Gasteiger partial charge in [-0.1, -0.05) is 12.1 Å². The maximum Gasteiger partial charge on any atom is 0.191 e. The van der Waals surface area contributed by atoms with Crippen LogP contribution in [0, 0.1) is 6.92 Å². The molecular weight excluding hydrogens is 352 g/mol. The van der Waals surface area contributed by atoms with Crippen LogP contribution in [0.4, 0.5) is 0 Å². The van der Waals surface area contributed by atoms with Crippen LogP contribution in [-0.2, 0) is 11.3 Å². The number of nitrogens with zero attached hydrogens (tertiary/aromatic N) is 2. The Morgan fingerprint density at radius 2 is 2.04 bits per heavy atom. The molecule has 158 valence electrons. The molecule has 0 amide bonds. The molecule has 1 saturated carbocycles. The number of ether oxygens (including phenoxy) is 2. The molecule has 0 bridgehead atoms. The van der Waals surface area contributed by atoms with Crippen molar-refractivity contribution in [2.24, 2.45) is 4.99 Å². The van der Waals surface area contributed by atoms with Gasteiger partial charge in [-0.2, -0.15) is 0 Å². The molecule has 1 fully saturated rings. The van der Waals surface area contributed by atoms with Crippen LogP contribution >= 0.6 is 0 Å². The van der Waals surface area contributed by atoms with Gasteiger partial charge in [0, 0.05) is 37.3 Å². The van der Waals surface area contributed by atoms with E-state index < -0.39 is 0 Å². The Balaban J connectivity index is 1.94. The smallest absolute Gasteiger partial charge is 0.191 e. The van der Waals surface area contributed by atoms with E-state index >= 15 is 0 Å². The van der Waals surface area contributed by atoms with Gasteiger partial charge < -0.3 is 20.1 Å². The van der Waals surface area contributed by atoms with Crippen LogP contribution in [0.5, 0.6) is 5.75 Å². The summed E-state index contributed by atoms with van der Waals surface area (Å²) >= 11 is 0. The molecule has 6 heteroatoms. The third-order valence-corrected chi connectivity index (χ3v) is 5.05. The van der Waals surface area contributed by atoms with E-state index in [1.54, 1.807) is 0 Å². The summed E-state index contributed by atoms with van der Waals surface area (Å²) in [5, 5.41) is 6.82. The minimum Gasteiger partial charge on any atom is -0.491 e. The first-order valence-electron chi connectivity index (χ1n) is 10.6. The van der Waals surface area contributed by atoms with Crippen molar-refractivity contribution in [1.29, 1.82) is 0 Å². The zero-order chi connectivity index (χ0) is 20.4. The summed E-state index contributed by atoms with van der Waals surface area (Å²) in [6.07, 6.45) is 2.66. The lowest BCUT2D eigenvalue weighted by Gasteiger charge is -2.25. The number of nitrogens with one attached hydrogen (secondary N) is 2. The lowest BCUT2D eigenvalue weighted by molar-refractivity contribution is 0.110. The molecule has 1 atom stereocenters. The Morgan fingerprint density at radius 3 is 2.71 bits per heavy atom. The second-order valence-corrected chi connectivity index (χ2v) is 7.48. The van der Waals surface area contributed by atoms with Crippen molar-refractivity contribution >= 4 is 5.96 Å². The van der Waals surface area contributed by atoms with Gasteiger partial charge in [0.2, 0.25) is 0 Å². The van der Waals surface area contributed by atoms with Gasteiger partial charge in [-0.15, -0.1) is 0 Å². The van der Waals surface area contributed by atoms with E-state index in [0.29, 0.717) is 32.4 Å². The molecule has 28 heavy (non-hydrogen) atoms. The average molecular weight is 391 g/mol. The van der Waals surface area contributed by atoms with Gasteiger partial charge in [-0.05, 0) is 59.2 Å². The molecule has 1 aliphatic carbocycles. The molecule has 6 nitrogen and oxygen atoms in total. The predicted octanol–water partition coefficient (Wildman–Crippen LogP) is 2.95. The van der Waals surface area contributed by atoms with E-state index in [1.807, 2.05) is 6.92 Å². The summed E-state index contributed by atoms with van der Waals surface area (Å²) in [6.45, 7) is 12.6. The number of benzene rings is 1. The molecule has 1 aliphatic rings. The number of aliphatic imine (C=N–C) groups is 1. The van der Waals surface area contributed by atoms with Crippen LogP contribution in [0.25, 0.3) is 0 Å². The molecule has 1 aromatic rings. The number of aryl methyl sites for hydroxylation is 1. The number of hydrogen-bond donors (Lipinski definition) is 2. The zero-order valence-corrected chi connectivity index (χ0v) is 18.3. The second kappa shape index (κ2) is 11.9. The molecule has 0 saturated heterocycles. The number of likely N-dealkylation sites (N-methyl/N-ethyl adjacent to an activating group) is 1. The van der Waals surface area contributed by atoms with E-state index in [4.69, 9.17) is 14.5 Å². The van der Waals surface area contributed by atoms with Crippen molar-refractivity contribution in [3.63, 3.8) is 0 Å². The molecule has 1 aromatic carbocycles. The van der Waals surface area contributed by atoms with Crippen LogP contribution in [0.15, 0.2) is 23.2 Å². The van der Waals surface area contributed by atoms with Gasteiger partial charge in [-0.3, -0.25) is 4.90 Å². The first-order valence-corrected chi connectivity index (χ1v) is 10.6. The highest BCUT2D eigenvalue weighted by Crippen LogP contribution is 2.26. The van der Waals surface area contributed by atoms with Gasteiger partial charge in [-0.25, -0.2) is 4.99 Å². The Bertz CT molecular complexity index is 617. The zero-order valence-electron chi connectivity index (χ0n) is 18.3. The molecule has 0 spiro atoms. The number of guanidine groups is 1. The summed E-state index contributed by atoms with van der Waals surface area (Å²) in [6, 6.07) is 7.52. The molecule has 0 heterocycles. The fourth-order valence-electron chi connectivity index (χ4n) is 3.02. The number of rotatable bonds is 12. The molecule has 1 unspecified atom stereocenters. The molecule has 2 N–H and O–H groups in total. The van der Waals surface area contributed by atoms with E-state index in [2.05, 4.69) is 61.6 Å². The Labute approximate surface area is 170 Å². The fraction of sp³-hybridized carbons (Fsp3) is 0.682. The van der Waals surface area contributed by atoms with Gasteiger partial charge in [0.1, 0.15) is 12.4 Å². The third kappa shape index (κ3) is 7.68. The van der Waals surface area contributed by atoms with E-state index in [1.165, 1.54) is 18.4 Å². The minimum absolute atomic E-state index is 0.480. The normalized spacial score (nSPS) is 15.6. The minimum atomic E-state index is 0.480. The summed E-state index contributed by atoms with van der Waals surface area (Å²) in [5.41, 5.74) is 2.27. The Kier molecular flexibility index (Phi) is 9.58. The van der Waals surface area contributed by atoms with Crippen molar-refractivity contribution < 1.29 is 9.47 Å². The Morgan fingerprint density at radius 1 is 1.25 bits per heavy atom. The Hall–Kier alpha value is -1.79. The average Bonchev–Trinajstić information content (AvgIpc) is 3.53. The van der Waals surface area contributed by atoms with Crippen LogP contribution in [0.3, 0.4) is 0 Å². The highest BCUT2D eigenvalue weighted by atomic mass is 16.5. The van der Waals surface area contributed by atoms with Crippen molar-refractivity contribution in [1.82, 2.24) is 15.5 Å². The maximum atomic E-state index is 5.93. The van der Waals surface area contributed by atoms with Crippen LogP contribution < -0.4 is 15.4 Å². The van der Waals surface area contributed by atoms with E-state index in [-0.39, 0.29) is 0 Å². The first kappa shape index (κ1) is 22.5. The molecule has 2 rings (SSSR count). The van der Waals surface area contributed by atoms with Gasteiger partial charge in [0.05, 0.1) is 13.2 Å². The van der Waals surface area contributed by atoms with E-state index in [9.17, 15) is 0 Å². The molecular formula is C22H38N4O2. The van der Waals surface area contributed by atoms with Crippen molar-refractivity contribution in [2.45, 2.75) is 59.2 Å². The second-order valence-electron chi connectivity index (χ2n) is 7.48. The predicted molar refractivity (Wildman–Crippen MR) is 116 cm³/mol. The maximum absolute atomic E-state index is 5.93.